The molecule has 0 saturated carbocycles. The Bertz CT molecular complexity index is 608. The number of carboxylic acid groups (broad SMARTS) is 1. The lowest BCUT2D eigenvalue weighted by atomic mass is 10.1. The number of hydrogen-bond acceptors (Lipinski definition) is 1. The zero-order valence-electron chi connectivity index (χ0n) is 10.7. The molecule has 18 heavy (non-hydrogen) atoms. The van der Waals surface area contributed by atoms with Gasteiger partial charge in [-0.25, -0.2) is 0 Å². The number of rotatable bonds is 4. The number of nitrogens with zero attached hydrogens (tertiary/aromatic N) is 1. The summed E-state index contributed by atoms with van der Waals surface area (Å²) in [4.78, 5) is 11.0. The molecule has 0 saturated heterocycles. The van der Waals surface area contributed by atoms with Gasteiger partial charge >= 0.3 is 5.97 Å². The molecule has 1 aromatic heterocycles. The lowest BCUT2D eigenvalue weighted by molar-refractivity contribution is -0.136. The molecule has 0 fully saturated rings. The zero-order valence-corrected chi connectivity index (χ0v) is 10.7. The lowest BCUT2D eigenvalue weighted by Gasteiger charge is -2.04. The van der Waals surface area contributed by atoms with Gasteiger partial charge in [0, 0.05) is 23.1 Å². The standard InChI is InChI=1S/C15H17NO2/c1-3-4-9-16-11(2)13(10-15(17)18)12-7-5-6-8-14(12)16/h3-8H,9-10H2,1-2H3,(H,17,18)/b4-3+. The van der Waals surface area contributed by atoms with Gasteiger partial charge in [0.25, 0.3) is 0 Å². The number of allylic oxidation sites excluding steroid dienone is 2. The highest BCUT2D eigenvalue weighted by Gasteiger charge is 2.14. The fourth-order valence-corrected chi connectivity index (χ4v) is 2.32. The Morgan fingerprint density at radius 2 is 2.11 bits per heavy atom. The Labute approximate surface area is 106 Å². The number of aromatic nitrogens is 1. The maximum Gasteiger partial charge on any atom is 0.307 e. The molecule has 2 aromatic rings. The van der Waals surface area contributed by atoms with E-state index in [9.17, 15) is 4.79 Å². The third-order valence-corrected chi connectivity index (χ3v) is 3.21. The fourth-order valence-electron chi connectivity index (χ4n) is 2.32. The van der Waals surface area contributed by atoms with E-state index in [1.807, 2.05) is 44.2 Å². The molecule has 0 spiro atoms. The molecule has 0 amide bonds. The molecule has 2 rings (SSSR count). The van der Waals surface area contributed by atoms with E-state index in [1.54, 1.807) is 0 Å². The number of para-hydroxylation sites is 1. The van der Waals surface area contributed by atoms with Crippen molar-refractivity contribution < 1.29 is 9.90 Å². The van der Waals surface area contributed by atoms with E-state index in [0.717, 1.165) is 28.7 Å². The quantitative estimate of drug-likeness (QED) is 0.838. The van der Waals surface area contributed by atoms with Crippen molar-refractivity contribution >= 4 is 16.9 Å². The molecule has 1 N–H and O–H groups in total. The average Bonchev–Trinajstić information content (AvgIpc) is 2.60. The van der Waals surface area contributed by atoms with Crippen LogP contribution in [0.5, 0.6) is 0 Å². The SMILES string of the molecule is C/C=C/Cn1c(C)c(CC(=O)O)c2ccccc21. The Balaban J connectivity index is 2.62. The van der Waals surface area contributed by atoms with Crippen molar-refractivity contribution in [3.8, 4) is 0 Å². The van der Waals surface area contributed by atoms with Crippen molar-refractivity contribution in [2.45, 2.75) is 26.8 Å². The summed E-state index contributed by atoms with van der Waals surface area (Å²) in [5.74, 6) is -0.785. The fraction of sp³-hybridized carbons (Fsp3) is 0.267. The minimum Gasteiger partial charge on any atom is -0.481 e. The van der Waals surface area contributed by atoms with E-state index in [4.69, 9.17) is 5.11 Å². The van der Waals surface area contributed by atoms with E-state index in [1.165, 1.54) is 0 Å². The summed E-state index contributed by atoms with van der Waals surface area (Å²) in [5.41, 5.74) is 3.06. The number of aliphatic carboxylic acids is 1. The molecule has 3 heteroatoms. The van der Waals surface area contributed by atoms with Crippen LogP contribution in [0, 0.1) is 6.92 Å². The summed E-state index contributed by atoms with van der Waals surface area (Å²) in [5, 5.41) is 10.1. The molecule has 3 nitrogen and oxygen atoms in total. The number of fused-ring (bicyclic) bond motifs is 1. The first-order valence-corrected chi connectivity index (χ1v) is 6.04. The van der Waals surface area contributed by atoms with Crippen molar-refractivity contribution in [3.63, 3.8) is 0 Å². The molecule has 94 valence electrons. The predicted octanol–water partition coefficient (Wildman–Crippen LogP) is 3.15. The second-order valence-corrected chi connectivity index (χ2v) is 4.33. The van der Waals surface area contributed by atoms with Crippen LogP contribution in [0.3, 0.4) is 0 Å². The average molecular weight is 243 g/mol. The molecule has 0 aliphatic heterocycles. The van der Waals surface area contributed by atoms with Crippen LogP contribution in [0.1, 0.15) is 18.2 Å². The van der Waals surface area contributed by atoms with Crippen LogP contribution in [0.2, 0.25) is 0 Å². The number of hydrogen-bond donors (Lipinski definition) is 1. The van der Waals surface area contributed by atoms with E-state index in [2.05, 4.69) is 10.6 Å². The van der Waals surface area contributed by atoms with Crippen LogP contribution in [0.4, 0.5) is 0 Å². The largest absolute Gasteiger partial charge is 0.481 e. The van der Waals surface area contributed by atoms with Crippen LogP contribution in [0.25, 0.3) is 10.9 Å². The summed E-state index contributed by atoms with van der Waals surface area (Å²) < 4.78 is 2.16. The summed E-state index contributed by atoms with van der Waals surface area (Å²) in [6.07, 6.45) is 4.16. The van der Waals surface area contributed by atoms with E-state index < -0.39 is 5.97 Å². The Kier molecular flexibility index (Phi) is 3.51. The molecule has 0 unspecified atom stereocenters. The van der Waals surface area contributed by atoms with Gasteiger partial charge in [-0.3, -0.25) is 4.79 Å². The van der Waals surface area contributed by atoms with Gasteiger partial charge in [0.15, 0.2) is 0 Å². The third-order valence-electron chi connectivity index (χ3n) is 3.21. The maximum absolute atomic E-state index is 11.0. The minimum atomic E-state index is -0.785. The Morgan fingerprint density at radius 1 is 1.39 bits per heavy atom. The van der Waals surface area contributed by atoms with Crippen molar-refractivity contribution in [2.75, 3.05) is 0 Å². The summed E-state index contributed by atoms with van der Waals surface area (Å²) >= 11 is 0. The van der Waals surface area contributed by atoms with Crippen molar-refractivity contribution in [1.82, 2.24) is 4.57 Å². The summed E-state index contributed by atoms with van der Waals surface area (Å²) in [7, 11) is 0. The van der Waals surface area contributed by atoms with Gasteiger partial charge in [0.2, 0.25) is 0 Å². The van der Waals surface area contributed by atoms with Crippen LogP contribution < -0.4 is 0 Å². The van der Waals surface area contributed by atoms with E-state index >= 15 is 0 Å². The normalized spacial score (nSPS) is 11.4. The van der Waals surface area contributed by atoms with Gasteiger partial charge in [0.1, 0.15) is 0 Å². The molecule has 0 aliphatic carbocycles. The molecular formula is C15H17NO2. The van der Waals surface area contributed by atoms with Crippen LogP contribution >= 0.6 is 0 Å². The highest BCUT2D eigenvalue weighted by atomic mass is 16.4. The second-order valence-electron chi connectivity index (χ2n) is 4.33. The Hall–Kier alpha value is -2.03. The van der Waals surface area contributed by atoms with Gasteiger partial charge < -0.3 is 9.67 Å². The molecule has 0 radical (unpaired) electrons. The molecule has 1 heterocycles. The van der Waals surface area contributed by atoms with E-state index in [-0.39, 0.29) is 6.42 Å². The number of carbonyl (C=O) groups is 1. The van der Waals surface area contributed by atoms with Crippen molar-refractivity contribution in [1.29, 1.82) is 0 Å². The number of carboxylic acids is 1. The summed E-state index contributed by atoms with van der Waals surface area (Å²) in [6.45, 7) is 4.75. The van der Waals surface area contributed by atoms with Gasteiger partial charge in [-0.2, -0.15) is 0 Å². The molecule has 0 atom stereocenters. The van der Waals surface area contributed by atoms with Crippen molar-refractivity contribution in [3.05, 3.63) is 47.7 Å². The molecule has 0 bridgehead atoms. The topological polar surface area (TPSA) is 42.2 Å². The smallest absolute Gasteiger partial charge is 0.307 e. The van der Waals surface area contributed by atoms with Crippen LogP contribution in [-0.2, 0) is 17.8 Å². The monoisotopic (exact) mass is 243 g/mol. The zero-order chi connectivity index (χ0) is 13.1. The van der Waals surface area contributed by atoms with Crippen LogP contribution in [0.15, 0.2) is 36.4 Å². The number of benzene rings is 1. The first-order chi connectivity index (χ1) is 8.65. The third kappa shape index (κ3) is 2.16. The summed E-state index contributed by atoms with van der Waals surface area (Å²) in [6, 6.07) is 7.97. The Morgan fingerprint density at radius 3 is 2.78 bits per heavy atom. The first kappa shape index (κ1) is 12.4. The van der Waals surface area contributed by atoms with E-state index in [0.29, 0.717) is 0 Å². The highest BCUT2D eigenvalue weighted by molar-refractivity contribution is 5.89. The highest BCUT2D eigenvalue weighted by Crippen LogP contribution is 2.26. The minimum absolute atomic E-state index is 0.0786. The first-order valence-electron chi connectivity index (χ1n) is 6.04. The van der Waals surface area contributed by atoms with Gasteiger partial charge in [-0.15, -0.1) is 0 Å². The molecule has 0 aliphatic rings. The second kappa shape index (κ2) is 5.08. The van der Waals surface area contributed by atoms with Crippen molar-refractivity contribution in [2.24, 2.45) is 0 Å². The molecule has 1 aromatic carbocycles. The lowest BCUT2D eigenvalue weighted by Crippen LogP contribution is -2.03. The van der Waals surface area contributed by atoms with Crippen LogP contribution in [-0.4, -0.2) is 15.6 Å². The molecular weight excluding hydrogens is 226 g/mol. The van der Waals surface area contributed by atoms with Gasteiger partial charge in [-0.05, 0) is 25.5 Å². The predicted molar refractivity (Wildman–Crippen MR) is 72.8 cm³/mol. The maximum atomic E-state index is 11.0. The van der Waals surface area contributed by atoms with Gasteiger partial charge in [0.05, 0.1) is 6.42 Å². The van der Waals surface area contributed by atoms with Gasteiger partial charge in [-0.1, -0.05) is 30.4 Å².